The van der Waals surface area contributed by atoms with Gasteiger partial charge in [0.1, 0.15) is 5.54 Å². The summed E-state index contributed by atoms with van der Waals surface area (Å²) in [6.07, 6.45) is 3.28. The molecule has 1 saturated heterocycles. The highest BCUT2D eigenvalue weighted by Crippen LogP contribution is 2.13. The largest absolute Gasteiger partial charge is 0.305 e. The van der Waals surface area contributed by atoms with E-state index in [1.165, 1.54) is 26.1 Å². The molecule has 1 aliphatic heterocycles. The van der Waals surface area contributed by atoms with Crippen LogP contribution in [0.1, 0.15) is 40.0 Å². The van der Waals surface area contributed by atoms with Crippen molar-refractivity contribution in [3.05, 3.63) is 0 Å². The number of nitriles is 1. The molecular formula is C15H30N4. The Hall–Kier alpha value is -0.630. The average Bonchev–Trinajstić information content (AvgIpc) is 2.53. The third-order valence-electron chi connectivity index (χ3n) is 3.82. The minimum Gasteiger partial charge on any atom is -0.305 e. The molecule has 0 radical (unpaired) electrons. The number of likely N-dealkylation sites (N-methyl/N-ethyl adjacent to an activating group) is 1. The van der Waals surface area contributed by atoms with Crippen molar-refractivity contribution in [3.8, 4) is 6.07 Å². The molecule has 0 amide bonds. The van der Waals surface area contributed by atoms with Gasteiger partial charge in [0.25, 0.3) is 0 Å². The van der Waals surface area contributed by atoms with Crippen LogP contribution < -0.4 is 5.32 Å². The first kappa shape index (κ1) is 16.4. The van der Waals surface area contributed by atoms with E-state index in [0.29, 0.717) is 6.04 Å². The predicted octanol–water partition coefficient (Wildman–Crippen LogP) is 1.68. The molecule has 4 heteroatoms. The van der Waals surface area contributed by atoms with Gasteiger partial charge < -0.3 is 9.80 Å². The Labute approximate surface area is 118 Å². The average molecular weight is 266 g/mol. The predicted molar refractivity (Wildman–Crippen MR) is 80.1 cm³/mol. The lowest BCUT2D eigenvalue weighted by Gasteiger charge is -2.27. The lowest BCUT2D eigenvalue weighted by molar-refractivity contribution is 0.258. The Morgan fingerprint density at radius 2 is 2.00 bits per heavy atom. The number of nitrogens with zero attached hydrogens (tertiary/aromatic N) is 3. The number of nitrogens with one attached hydrogen (secondary N) is 1. The van der Waals surface area contributed by atoms with Crippen molar-refractivity contribution in [1.82, 2.24) is 15.1 Å². The van der Waals surface area contributed by atoms with E-state index >= 15 is 0 Å². The maximum absolute atomic E-state index is 9.32. The number of hydrogen-bond donors (Lipinski definition) is 1. The van der Waals surface area contributed by atoms with Gasteiger partial charge in [-0.15, -0.1) is 0 Å². The van der Waals surface area contributed by atoms with E-state index in [9.17, 15) is 5.26 Å². The van der Waals surface area contributed by atoms with Crippen molar-refractivity contribution >= 4 is 0 Å². The minimum atomic E-state index is -0.378. The van der Waals surface area contributed by atoms with Gasteiger partial charge in [0.2, 0.25) is 0 Å². The van der Waals surface area contributed by atoms with E-state index in [1.54, 1.807) is 0 Å². The maximum Gasteiger partial charge on any atom is 0.104 e. The third-order valence-corrected chi connectivity index (χ3v) is 3.82. The van der Waals surface area contributed by atoms with Gasteiger partial charge in [0.15, 0.2) is 0 Å². The molecule has 0 saturated carbocycles. The molecule has 1 atom stereocenters. The van der Waals surface area contributed by atoms with Crippen LogP contribution in [0, 0.1) is 11.3 Å². The minimum absolute atomic E-state index is 0.358. The fourth-order valence-electron chi connectivity index (χ4n) is 2.78. The van der Waals surface area contributed by atoms with Gasteiger partial charge in [-0.25, -0.2) is 0 Å². The molecule has 1 rings (SSSR count). The highest BCUT2D eigenvalue weighted by Gasteiger charge is 2.24. The lowest BCUT2D eigenvalue weighted by Crippen LogP contribution is -2.45. The lowest BCUT2D eigenvalue weighted by atomic mass is 9.96. The fourth-order valence-corrected chi connectivity index (χ4v) is 2.78. The second-order valence-corrected chi connectivity index (χ2v) is 6.34. The molecule has 19 heavy (non-hydrogen) atoms. The summed E-state index contributed by atoms with van der Waals surface area (Å²) in [7, 11) is 2.20. The Balaban J connectivity index is 2.30. The normalized spacial score (nSPS) is 21.9. The second-order valence-electron chi connectivity index (χ2n) is 6.34. The van der Waals surface area contributed by atoms with Crippen LogP contribution in [0.4, 0.5) is 0 Å². The smallest absolute Gasteiger partial charge is 0.104 e. The molecular weight excluding hydrogens is 236 g/mol. The Morgan fingerprint density at radius 1 is 1.26 bits per heavy atom. The van der Waals surface area contributed by atoms with Gasteiger partial charge in [-0.05, 0) is 66.7 Å². The van der Waals surface area contributed by atoms with Crippen molar-refractivity contribution in [2.24, 2.45) is 0 Å². The third kappa shape index (κ3) is 6.38. The summed E-state index contributed by atoms with van der Waals surface area (Å²) in [5.74, 6) is 0. The summed E-state index contributed by atoms with van der Waals surface area (Å²) < 4.78 is 0. The first-order valence-corrected chi connectivity index (χ1v) is 7.55. The summed E-state index contributed by atoms with van der Waals surface area (Å²) in [5, 5.41) is 12.7. The molecule has 0 spiro atoms. The van der Waals surface area contributed by atoms with Gasteiger partial charge in [0.05, 0.1) is 6.07 Å². The number of hydrogen-bond acceptors (Lipinski definition) is 4. The van der Waals surface area contributed by atoms with Crippen molar-refractivity contribution in [3.63, 3.8) is 0 Å². The van der Waals surface area contributed by atoms with Crippen molar-refractivity contribution in [1.29, 1.82) is 5.26 Å². The van der Waals surface area contributed by atoms with Crippen LogP contribution in [0.2, 0.25) is 0 Å². The van der Waals surface area contributed by atoms with Crippen molar-refractivity contribution < 1.29 is 0 Å². The molecule has 1 fully saturated rings. The molecule has 0 aliphatic carbocycles. The summed E-state index contributed by atoms with van der Waals surface area (Å²) >= 11 is 0. The standard InChI is InChI=1S/C15H30N4/c1-14(2)17-15(3,13-16)7-5-9-19-10-6-8-18(4)11-12-19/h14,17H,5-12H2,1-4H3. The van der Waals surface area contributed by atoms with E-state index in [1.807, 2.05) is 6.92 Å². The van der Waals surface area contributed by atoms with Crippen LogP contribution in [-0.4, -0.2) is 61.2 Å². The Kier molecular flexibility index (Phi) is 6.78. The molecule has 0 aromatic rings. The Bertz CT molecular complexity index is 297. The first-order chi connectivity index (χ1) is 8.95. The van der Waals surface area contributed by atoms with E-state index < -0.39 is 0 Å². The van der Waals surface area contributed by atoms with E-state index in [-0.39, 0.29) is 5.54 Å². The molecule has 1 unspecified atom stereocenters. The maximum atomic E-state index is 9.32. The van der Waals surface area contributed by atoms with Gasteiger partial charge in [0, 0.05) is 19.1 Å². The summed E-state index contributed by atoms with van der Waals surface area (Å²) in [6.45, 7) is 12.1. The topological polar surface area (TPSA) is 42.3 Å². The van der Waals surface area contributed by atoms with Crippen LogP contribution in [0.3, 0.4) is 0 Å². The van der Waals surface area contributed by atoms with Gasteiger partial charge >= 0.3 is 0 Å². The van der Waals surface area contributed by atoms with Crippen LogP contribution in [0.5, 0.6) is 0 Å². The van der Waals surface area contributed by atoms with Crippen molar-refractivity contribution in [2.75, 3.05) is 39.8 Å². The quantitative estimate of drug-likeness (QED) is 0.794. The molecule has 110 valence electrons. The zero-order valence-corrected chi connectivity index (χ0v) is 13.1. The van der Waals surface area contributed by atoms with Crippen LogP contribution in [0.25, 0.3) is 0 Å². The summed E-state index contributed by atoms with van der Waals surface area (Å²) in [6, 6.07) is 2.79. The molecule has 0 aromatic carbocycles. The summed E-state index contributed by atoms with van der Waals surface area (Å²) in [4.78, 5) is 4.94. The van der Waals surface area contributed by atoms with Crippen LogP contribution >= 0.6 is 0 Å². The monoisotopic (exact) mass is 266 g/mol. The van der Waals surface area contributed by atoms with Crippen molar-refractivity contribution in [2.45, 2.75) is 51.6 Å². The highest BCUT2D eigenvalue weighted by molar-refractivity contribution is 5.04. The molecule has 1 N–H and O–H groups in total. The SMILES string of the molecule is CC(C)NC(C)(C#N)CCCN1CCCN(C)CC1. The number of rotatable bonds is 6. The summed E-state index contributed by atoms with van der Waals surface area (Å²) in [5.41, 5.74) is -0.378. The highest BCUT2D eigenvalue weighted by atomic mass is 15.2. The van der Waals surface area contributed by atoms with Crippen LogP contribution in [0.15, 0.2) is 0 Å². The van der Waals surface area contributed by atoms with Gasteiger partial charge in [-0.2, -0.15) is 5.26 Å². The van der Waals surface area contributed by atoms with E-state index in [2.05, 4.69) is 42.1 Å². The molecule has 1 aliphatic rings. The zero-order chi connectivity index (χ0) is 14.3. The van der Waals surface area contributed by atoms with E-state index in [0.717, 1.165) is 25.9 Å². The Morgan fingerprint density at radius 3 is 2.63 bits per heavy atom. The van der Waals surface area contributed by atoms with Gasteiger partial charge in [-0.3, -0.25) is 5.32 Å². The first-order valence-electron chi connectivity index (χ1n) is 7.55. The zero-order valence-electron chi connectivity index (χ0n) is 13.1. The van der Waals surface area contributed by atoms with Crippen LogP contribution in [-0.2, 0) is 0 Å². The molecule has 0 bridgehead atoms. The molecule has 0 aromatic heterocycles. The van der Waals surface area contributed by atoms with E-state index in [4.69, 9.17) is 0 Å². The molecule has 1 heterocycles. The fraction of sp³-hybridized carbons (Fsp3) is 0.933. The second kappa shape index (κ2) is 7.84. The van der Waals surface area contributed by atoms with Gasteiger partial charge in [-0.1, -0.05) is 0 Å². The molecule has 4 nitrogen and oxygen atoms in total.